The third kappa shape index (κ3) is 5.63. The van der Waals surface area contributed by atoms with E-state index in [4.69, 9.17) is 11.6 Å². The topological polar surface area (TPSA) is 108 Å². The summed E-state index contributed by atoms with van der Waals surface area (Å²) in [7, 11) is -0.775. The molecule has 0 radical (unpaired) electrons. The Morgan fingerprint density at radius 2 is 1.81 bits per heavy atom. The molecule has 0 fully saturated rings. The number of imidazole rings is 1. The molecule has 2 aromatic carbocycles. The summed E-state index contributed by atoms with van der Waals surface area (Å²) in [6.45, 7) is -0.302. The van der Waals surface area contributed by atoms with Gasteiger partial charge in [0, 0.05) is 25.2 Å². The first kappa shape index (κ1) is 26.6. The lowest BCUT2D eigenvalue weighted by molar-refractivity contribution is -0.274. The van der Waals surface area contributed by atoms with Crippen molar-refractivity contribution in [2.75, 3.05) is 6.61 Å². The number of alkyl halides is 3. The first-order chi connectivity index (χ1) is 17.5. The molecule has 0 saturated heterocycles. The number of aryl methyl sites for hydroxylation is 1. The number of aromatic nitrogens is 4. The van der Waals surface area contributed by atoms with Crippen molar-refractivity contribution in [3.63, 3.8) is 0 Å². The number of benzene rings is 2. The predicted octanol–water partition coefficient (Wildman–Crippen LogP) is 3.05. The summed E-state index contributed by atoms with van der Waals surface area (Å²) in [5, 5.41) is 9.51. The van der Waals surface area contributed by atoms with Crippen molar-refractivity contribution in [1.82, 2.24) is 18.7 Å². The van der Waals surface area contributed by atoms with Gasteiger partial charge in [0.25, 0.3) is 5.56 Å². The zero-order valence-corrected chi connectivity index (χ0v) is 20.8. The van der Waals surface area contributed by atoms with E-state index in [0.717, 1.165) is 21.3 Å². The summed E-state index contributed by atoms with van der Waals surface area (Å²) in [4.78, 5) is 30.5. The van der Waals surface area contributed by atoms with Crippen LogP contribution in [0.1, 0.15) is 12.0 Å². The third-order valence-corrected chi connectivity index (χ3v) is 6.99. The fourth-order valence-electron chi connectivity index (χ4n) is 3.73. The van der Waals surface area contributed by atoms with Crippen LogP contribution in [0.2, 0.25) is 5.02 Å². The lowest BCUT2D eigenvalue weighted by Gasteiger charge is -2.12. The Hall–Kier alpha value is -3.42. The summed E-state index contributed by atoms with van der Waals surface area (Å²) in [6, 6.07) is 11.2. The van der Waals surface area contributed by atoms with Gasteiger partial charge in [0.2, 0.25) is 5.16 Å². The Labute approximate surface area is 214 Å². The van der Waals surface area contributed by atoms with Gasteiger partial charge in [-0.3, -0.25) is 13.9 Å². The summed E-state index contributed by atoms with van der Waals surface area (Å²) >= 11 is 5.97. The molecular weight excluding hydrogens is 537 g/mol. The summed E-state index contributed by atoms with van der Waals surface area (Å²) in [5.41, 5.74) is -0.798. The van der Waals surface area contributed by atoms with Crippen LogP contribution in [-0.4, -0.2) is 41.0 Å². The lowest BCUT2D eigenvalue weighted by Crippen LogP contribution is -2.40. The van der Waals surface area contributed by atoms with Gasteiger partial charge in [-0.15, -0.1) is 13.2 Å². The average Bonchev–Trinajstić information content (AvgIpc) is 3.22. The van der Waals surface area contributed by atoms with Crippen LogP contribution in [0.25, 0.3) is 11.2 Å². The molecule has 9 nitrogen and oxygen atoms in total. The minimum absolute atomic E-state index is 0.000920. The second-order valence-corrected chi connectivity index (χ2v) is 9.76. The maximum atomic E-state index is 13.6. The fourth-order valence-corrected chi connectivity index (χ4v) is 5.02. The van der Waals surface area contributed by atoms with Crippen molar-refractivity contribution >= 4 is 33.6 Å². The van der Waals surface area contributed by atoms with Crippen molar-refractivity contribution in [2.24, 2.45) is 7.05 Å². The fraction of sp³-hybridized carbons (Fsp3) is 0.261. The normalized spacial score (nSPS) is 12.7. The van der Waals surface area contributed by atoms with Crippen LogP contribution in [0.3, 0.4) is 0 Å². The van der Waals surface area contributed by atoms with E-state index >= 15 is 0 Å². The number of aliphatic hydroxyl groups excluding tert-OH is 1. The smallest absolute Gasteiger partial charge is 0.406 e. The molecule has 0 spiro atoms. The van der Waals surface area contributed by atoms with Gasteiger partial charge in [-0.25, -0.2) is 14.0 Å². The minimum Gasteiger partial charge on any atom is -0.406 e. The quantitative estimate of drug-likeness (QED) is 0.357. The van der Waals surface area contributed by atoms with Crippen LogP contribution in [-0.2, 0) is 30.9 Å². The van der Waals surface area contributed by atoms with E-state index in [0.29, 0.717) is 10.6 Å². The molecule has 0 saturated carbocycles. The summed E-state index contributed by atoms with van der Waals surface area (Å²) < 4.78 is 59.1. The van der Waals surface area contributed by atoms with Gasteiger partial charge >= 0.3 is 12.1 Å². The number of rotatable bonds is 8. The van der Waals surface area contributed by atoms with Crippen LogP contribution in [0.5, 0.6) is 5.75 Å². The number of ether oxygens (including phenoxy) is 1. The molecular formula is C23H20ClF3N4O5S. The zero-order chi connectivity index (χ0) is 26.9. The van der Waals surface area contributed by atoms with Crippen LogP contribution in [0.4, 0.5) is 13.2 Å². The predicted molar refractivity (Wildman–Crippen MR) is 129 cm³/mol. The molecule has 0 amide bonds. The molecule has 37 heavy (non-hydrogen) atoms. The van der Waals surface area contributed by atoms with Crippen LogP contribution < -0.4 is 16.0 Å². The second-order valence-electron chi connectivity index (χ2n) is 7.95. The lowest BCUT2D eigenvalue weighted by atomic mass is 10.2. The van der Waals surface area contributed by atoms with Gasteiger partial charge in [-0.1, -0.05) is 29.8 Å². The molecule has 0 aliphatic carbocycles. The van der Waals surface area contributed by atoms with Crippen LogP contribution in [0, 0.1) is 0 Å². The number of aliphatic hydroxyl groups is 1. The molecule has 0 aliphatic heterocycles. The van der Waals surface area contributed by atoms with Gasteiger partial charge < -0.3 is 14.4 Å². The van der Waals surface area contributed by atoms with Crippen LogP contribution in [0.15, 0.2) is 68.2 Å². The molecule has 4 aromatic rings. The molecule has 14 heteroatoms. The maximum Gasteiger partial charge on any atom is 0.573 e. The number of fused-ring (bicyclic) bond motifs is 1. The Balaban J connectivity index is 1.93. The SMILES string of the molecule is Cn1c(=O)n(CCCO)c(=O)c2c1nc(S(=O)c1cccc(OC(F)(F)F)c1)n2Cc1ccc(Cl)cc1. The minimum atomic E-state index is -4.94. The van der Waals surface area contributed by atoms with Gasteiger partial charge in [0.05, 0.1) is 11.4 Å². The molecule has 0 bridgehead atoms. The van der Waals surface area contributed by atoms with Crippen molar-refractivity contribution in [3.8, 4) is 5.75 Å². The van der Waals surface area contributed by atoms with Crippen molar-refractivity contribution < 1.29 is 27.2 Å². The molecule has 4 rings (SSSR count). The van der Waals surface area contributed by atoms with Gasteiger partial charge in [-0.05, 0) is 42.3 Å². The highest BCUT2D eigenvalue weighted by Gasteiger charge is 2.31. The molecule has 1 unspecified atom stereocenters. The van der Waals surface area contributed by atoms with E-state index in [1.54, 1.807) is 24.3 Å². The first-order valence-electron chi connectivity index (χ1n) is 10.8. The molecule has 196 valence electrons. The number of hydrogen-bond acceptors (Lipinski definition) is 6. The third-order valence-electron chi connectivity index (χ3n) is 5.41. The van der Waals surface area contributed by atoms with E-state index < -0.39 is 34.2 Å². The van der Waals surface area contributed by atoms with E-state index in [2.05, 4.69) is 9.72 Å². The van der Waals surface area contributed by atoms with E-state index in [1.165, 1.54) is 23.7 Å². The molecule has 2 heterocycles. The Kier molecular flexibility index (Phi) is 7.57. The molecule has 2 aromatic heterocycles. The van der Waals surface area contributed by atoms with Gasteiger partial charge in [0.1, 0.15) is 16.5 Å². The average molecular weight is 557 g/mol. The van der Waals surface area contributed by atoms with E-state index in [9.17, 15) is 32.1 Å². The highest BCUT2D eigenvalue weighted by atomic mass is 35.5. The monoisotopic (exact) mass is 556 g/mol. The molecule has 1 atom stereocenters. The molecule has 0 aliphatic rings. The van der Waals surface area contributed by atoms with Crippen LogP contribution >= 0.6 is 11.6 Å². The molecule has 1 N–H and O–H groups in total. The van der Waals surface area contributed by atoms with Gasteiger partial charge in [0.15, 0.2) is 11.2 Å². The van der Waals surface area contributed by atoms with Crippen molar-refractivity contribution in [1.29, 1.82) is 0 Å². The van der Waals surface area contributed by atoms with Crippen molar-refractivity contribution in [3.05, 3.63) is 80.0 Å². The zero-order valence-electron chi connectivity index (χ0n) is 19.2. The Bertz CT molecular complexity index is 1600. The first-order valence-corrected chi connectivity index (χ1v) is 12.4. The largest absolute Gasteiger partial charge is 0.573 e. The van der Waals surface area contributed by atoms with E-state index in [1.807, 2.05) is 0 Å². The van der Waals surface area contributed by atoms with Gasteiger partial charge in [-0.2, -0.15) is 0 Å². The standard InChI is InChI=1S/C23H20ClF3N4O5S/c1-29-19-18(20(33)30(22(29)34)10-3-11-32)31(13-14-6-8-15(24)9-7-14)21(28-19)37(35)17-5-2-4-16(12-17)36-23(25,26)27/h2,4-9,12,32H,3,10-11,13H2,1H3. The number of halogens is 4. The second kappa shape index (κ2) is 10.5. The Morgan fingerprint density at radius 3 is 2.46 bits per heavy atom. The number of nitrogens with zero attached hydrogens (tertiary/aromatic N) is 4. The van der Waals surface area contributed by atoms with Crippen molar-refractivity contribution in [2.45, 2.75) is 35.9 Å². The highest BCUT2D eigenvalue weighted by molar-refractivity contribution is 7.85. The highest BCUT2D eigenvalue weighted by Crippen LogP contribution is 2.27. The summed E-state index contributed by atoms with van der Waals surface area (Å²) in [6.07, 6.45) is -4.80. The van der Waals surface area contributed by atoms with E-state index in [-0.39, 0.29) is 47.3 Å². The summed E-state index contributed by atoms with van der Waals surface area (Å²) in [5.74, 6) is -0.572. The maximum absolute atomic E-state index is 13.6. The number of hydrogen-bond donors (Lipinski definition) is 1. The Morgan fingerprint density at radius 1 is 1.11 bits per heavy atom.